The first-order valence-corrected chi connectivity index (χ1v) is 6.96. The van der Waals surface area contributed by atoms with Crippen molar-refractivity contribution in [3.8, 4) is 0 Å². The third-order valence-corrected chi connectivity index (χ3v) is 4.10. The minimum atomic E-state index is -0.939. The highest BCUT2D eigenvalue weighted by atomic mass is 16.4. The monoisotopic (exact) mass is 262 g/mol. The molecule has 1 N–H and O–H groups in total. The predicted octanol–water partition coefficient (Wildman–Crippen LogP) is 3.21. The van der Waals surface area contributed by atoms with Gasteiger partial charge in [0.2, 0.25) is 0 Å². The van der Waals surface area contributed by atoms with E-state index in [-0.39, 0.29) is 0 Å². The van der Waals surface area contributed by atoms with Crippen molar-refractivity contribution in [2.45, 2.75) is 51.5 Å². The molecule has 0 spiro atoms. The van der Waals surface area contributed by atoms with Gasteiger partial charge in [0.05, 0.1) is 17.2 Å². The number of hydrogen-bond donors (Lipinski definition) is 1. The molecule has 1 aliphatic carbocycles. The highest BCUT2D eigenvalue weighted by molar-refractivity contribution is 5.76. The van der Waals surface area contributed by atoms with Crippen molar-refractivity contribution in [3.63, 3.8) is 0 Å². The largest absolute Gasteiger partial charge is 0.481 e. The standard InChI is InChI=1S/C15H22N2O2/c1-3-15(2,14(18)19)11-12-9-10-17(16-12)13-7-5-4-6-8-13/h3,9-10,13H,1,4-8,11H2,2H3,(H,18,19). The van der Waals surface area contributed by atoms with Crippen LogP contribution in [-0.2, 0) is 11.2 Å². The van der Waals surface area contributed by atoms with Crippen LogP contribution >= 0.6 is 0 Å². The number of rotatable bonds is 5. The molecule has 0 saturated heterocycles. The van der Waals surface area contributed by atoms with E-state index >= 15 is 0 Å². The third kappa shape index (κ3) is 3.06. The van der Waals surface area contributed by atoms with Gasteiger partial charge in [-0.1, -0.05) is 25.3 Å². The van der Waals surface area contributed by atoms with Gasteiger partial charge in [0.1, 0.15) is 0 Å². The Hall–Kier alpha value is -1.58. The summed E-state index contributed by atoms with van der Waals surface area (Å²) in [6.45, 7) is 5.31. The first-order chi connectivity index (χ1) is 9.05. The van der Waals surface area contributed by atoms with E-state index in [0.29, 0.717) is 12.5 Å². The molecule has 1 saturated carbocycles. The average Bonchev–Trinajstić information content (AvgIpc) is 2.87. The molecule has 4 heteroatoms. The molecule has 1 aliphatic rings. The summed E-state index contributed by atoms with van der Waals surface area (Å²) in [4.78, 5) is 11.3. The Balaban J connectivity index is 2.08. The number of carboxylic acid groups (broad SMARTS) is 1. The minimum absolute atomic E-state index is 0.394. The summed E-state index contributed by atoms with van der Waals surface area (Å²) in [5.41, 5.74) is -0.110. The topological polar surface area (TPSA) is 55.1 Å². The van der Waals surface area contributed by atoms with Crippen molar-refractivity contribution in [1.29, 1.82) is 0 Å². The Labute approximate surface area is 114 Å². The van der Waals surface area contributed by atoms with Crippen molar-refractivity contribution in [3.05, 3.63) is 30.6 Å². The average molecular weight is 262 g/mol. The molecule has 1 unspecified atom stereocenters. The van der Waals surface area contributed by atoms with E-state index < -0.39 is 11.4 Å². The van der Waals surface area contributed by atoms with Gasteiger partial charge in [0.15, 0.2) is 0 Å². The zero-order valence-electron chi connectivity index (χ0n) is 11.5. The molecule has 0 radical (unpaired) electrons. The highest BCUT2D eigenvalue weighted by Crippen LogP contribution is 2.28. The molecule has 2 rings (SSSR count). The van der Waals surface area contributed by atoms with Gasteiger partial charge in [0, 0.05) is 12.6 Å². The van der Waals surface area contributed by atoms with Gasteiger partial charge < -0.3 is 5.11 Å². The molecule has 19 heavy (non-hydrogen) atoms. The molecule has 1 atom stereocenters. The Morgan fingerprint density at radius 3 is 2.84 bits per heavy atom. The molecule has 0 amide bonds. The lowest BCUT2D eigenvalue weighted by Gasteiger charge is -2.22. The summed E-state index contributed by atoms with van der Waals surface area (Å²) in [5, 5.41) is 13.8. The Morgan fingerprint density at radius 2 is 2.26 bits per heavy atom. The molecular formula is C15H22N2O2. The fourth-order valence-electron chi connectivity index (χ4n) is 2.63. The molecule has 1 aromatic rings. The Morgan fingerprint density at radius 1 is 1.58 bits per heavy atom. The van der Waals surface area contributed by atoms with Crippen LogP contribution in [-0.4, -0.2) is 20.9 Å². The number of carbonyl (C=O) groups is 1. The van der Waals surface area contributed by atoms with E-state index in [1.807, 2.05) is 16.9 Å². The normalized spacial score (nSPS) is 19.8. The smallest absolute Gasteiger partial charge is 0.313 e. The number of carboxylic acids is 1. The predicted molar refractivity (Wildman–Crippen MR) is 74.0 cm³/mol. The van der Waals surface area contributed by atoms with Crippen molar-refractivity contribution in [2.24, 2.45) is 5.41 Å². The van der Waals surface area contributed by atoms with Crippen LogP contribution in [0.15, 0.2) is 24.9 Å². The summed E-state index contributed by atoms with van der Waals surface area (Å²) in [6, 6.07) is 2.42. The van der Waals surface area contributed by atoms with Gasteiger partial charge in [-0.05, 0) is 25.8 Å². The minimum Gasteiger partial charge on any atom is -0.481 e. The van der Waals surface area contributed by atoms with Gasteiger partial charge in [-0.2, -0.15) is 5.10 Å². The van der Waals surface area contributed by atoms with Crippen LogP contribution in [0.3, 0.4) is 0 Å². The van der Waals surface area contributed by atoms with Crippen molar-refractivity contribution >= 4 is 5.97 Å². The maximum Gasteiger partial charge on any atom is 0.313 e. The van der Waals surface area contributed by atoms with E-state index in [1.54, 1.807) is 6.92 Å². The van der Waals surface area contributed by atoms with Gasteiger partial charge >= 0.3 is 5.97 Å². The van der Waals surface area contributed by atoms with Crippen LogP contribution in [0.2, 0.25) is 0 Å². The first-order valence-electron chi connectivity index (χ1n) is 6.96. The number of aliphatic carboxylic acids is 1. The Bertz CT molecular complexity index is 460. The molecule has 1 aromatic heterocycles. The van der Waals surface area contributed by atoms with E-state index in [1.165, 1.54) is 38.2 Å². The maximum atomic E-state index is 11.3. The van der Waals surface area contributed by atoms with Crippen LogP contribution in [0, 0.1) is 5.41 Å². The van der Waals surface area contributed by atoms with Gasteiger partial charge in [-0.3, -0.25) is 9.48 Å². The fourth-order valence-corrected chi connectivity index (χ4v) is 2.63. The maximum absolute atomic E-state index is 11.3. The number of hydrogen-bond acceptors (Lipinski definition) is 2. The fraction of sp³-hybridized carbons (Fsp3) is 0.600. The quantitative estimate of drug-likeness (QED) is 0.829. The lowest BCUT2D eigenvalue weighted by molar-refractivity contribution is -0.145. The molecule has 104 valence electrons. The molecule has 0 aromatic carbocycles. The second-order valence-electron chi connectivity index (χ2n) is 5.68. The molecular weight excluding hydrogens is 240 g/mol. The SMILES string of the molecule is C=CC(C)(Cc1ccn(C2CCCCC2)n1)C(=O)O. The zero-order valence-corrected chi connectivity index (χ0v) is 11.5. The van der Waals surface area contributed by atoms with Gasteiger partial charge in [0.25, 0.3) is 0 Å². The van der Waals surface area contributed by atoms with E-state index in [2.05, 4.69) is 11.7 Å². The lowest BCUT2D eigenvalue weighted by Crippen LogP contribution is -2.27. The van der Waals surface area contributed by atoms with Crippen molar-refractivity contribution < 1.29 is 9.90 Å². The zero-order chi connectivity index (χ0) is 13.9. The van der Waals surface area contributed by atoms with Gasteiger partial charge in [-0.25, -0.2) is 0 Å². The summed E-state index contributed by atoms with van der Waals surface area (Å²) >= 11 is 0. The van der Waals surface area contributed by atoms with E-state index in [4.69, 9.17) is 0 Å². The lowest BCUT2D eigenvalue weighted by atomic mass is 9.86. The van der Waals surface area contributed by atoms with Gasteiger partial charge in [-0.15, -0.1) is 6.58 Å². The number of aromatic nitrogens is 2. The van der Waals surface area contributed by atoms with Crippen molar-refractivity contribution in [2.75, 3.05) is 0 Å². The summed E-state index contributed by atoms with van der Waals surface area (Å²) < 4.78 is 2.01. The summed E-state index contributed by atoms with van der Waals surface area (Å²) in [6.07, 6.45) is 10.1. The number of nitrogens with zero attached hydrogens (tertiary/aromatic N) is 2. The van der Waals surface area contributed by atoms with Crippen LogP contribution in [0.4, 0.5) is 0 Å². The van der Waals surface area contributed by atoms with E-state index in [9.17, 15) is 9.90 Å². The van der Waals surface area contributed by atoms with Crippen LogP contribution in [0.25, 0.3) is 0 Å². The molecule has 1 fully saturated rings. The second kappa shape index (κ2) is 5.59. The molecule has 0 bridgehead atoms. The molecule has 4 nitrogen and oxygen atoms in total. The first kappa shape index (κ1) is 13.8. The van der Waals surface area contributed by atoms with Crippen LogP contribution in [0.5, 0.6) is 0 Å². The third-order valence-electron chi connectivity index (χ3n) is 4.10. The highest BCUT2D eigenvalue weighted by Gasteiger charge is 2.31. The Kier molecular flexibility index (Phi) is 4.08. The second-order valence-corrected chi connectivity index (χ2v) is 5.68. The molecule has 1 heterocycles. The van der Waals surface area contributed by atoms with Crippen molar-refractivity contribution in [1.82, 2.24) is 9.78 Å². The van der Waals surface area contributed by atoms with Crippen LogP contribution in [0.1, 0.15) is 50.8 Å². The summed E-state index contributed by atoms with van der Waals surface area (Å²) in [7, 11) is 0. The molecule has 0 aliphatic heterocycles. The summed E-state index contributed by atoms with van der Waals surface area (Å²) in [5.74, 6) is -0.852. The van der Waals surface area contributed by atoms with E-state index in [0.717, 1.165) is 5.69 Å². The van der Waals surface area contributed by atoms with Crippen LogP contribution < -0.4 is 0 Å².